The topological polar surface area (TPSA) is 192 Å². The third-order valence-electron chi connectivity index (χ3n) is 6.92. The van der Waals surface area contributed by atoms with E-state index in [9.17, 15) is 21.6 Å². The first kappa shape index (κ1) is 31.1. The first-order valence-electron chi connectivity index (χ1n) is 13.4. The Labute approximate surface area is 246 Å². The Morgan fingerprint density at radius 3 is 2.12 bits per heavy atom. The lowest BCUT2D eigenvalue weighted by Crippen LogP contribution is -2.48. The molecule has 0 aliphatic carbocycles. The molecule has 3 aromatic carbocycles. The molecule has 224 valence electrons. The van der Waals surface area contributed by atoms with Crippen molar-refractivity contribution in [2.75, 3.05) is 43.4 Å². The third kappa shape index (κ3) is 8.14. The quantitative estimate of drug-likeness (QED) is 0.181. The molecule has 3 aromatic rings. The van der Waals surface area contributed by atoms with Crippen molar-refractivity contribution in [2.45, 2.75) is 29.6 Å². The van der Waals surface area contributed by atoms with E-state index in [-0.39, 0.29) is 16.2 Å². The molecule has 42 heavy (non-hydrogen) atoms. The van der Waals surface area contributed by atoms with Gasteiger partial charge in [0.25, 0.3) is 0 Å². The molecule has 1 saturated heterocycles. The molecule has 7 N–H and O–H groups in total. The van der Waals surface area contributed by atoms with Crippen molar-refractivity contribution in [1.82, 2.24) is 9.80 Å². The fourth-order valence-electron chi connectivity index (χ4n) is 4.75. The van der Waals surface area contributed by atoms with E-state index in [0.29, 0.717) is 33.9 Å². The van der Waals surface area contributed by atoms with Crippen molar-refractivity contribution in [3.8, 4) is 0 Å². The summed E-state index contributed by atoms with van der Waals surface area (Å²) in [7, 11) is -7.89. The smallest absolute Gasteiger partial charge is 0.323 e. The molecule has 0 unspecified atom stereocenters. The van der Waals surface area contributed by atoms with Crippen LogP contribution in [0.2, 0.25) is 0 Å². The maximum Gasteiger partial charge on any atom is 0.323 e. The van der Waals surface area contributed by atoms with Gasteiger partial charge in [-0.3, -0.25) is 10.3 Å². The number of carbonyl (C=O) groups excluding carboxylic acids is 1. The highest BCUT2D eigenvalue weighted by molar-refractivity contribution is 7.89. The monoisotopic (exact) mass is 613 g/mol. The zero-order chi connectivity index (χ0) is 30.5. The first-order chi connectivity index (χ1) is 19.8. The molecular weight excluding hydrogens is 578 g/mol. The second-order valence-corrected chi connectivity index (χ2v) is 13.2. The van der Waals surface area contributed by atoms with Crippen LogP contribution in [0.25, 0.3) is 0 Å². The molecule has 0 bridgehead atoms. The molecule has 14 heteroatoms. The van der Waals surface area contributed by atoms with Gasteiger partial charge in [-0.15, -0.1) is 0 Å². The van der Waals surface area contributed by atoms with Gasteiger partial charge in [0, 0.05) is 43.1 Å². The van der Waals surface area contributed by atoms with Crippen molar-refractivity contribution >= 4 is 43.3 Å². The number of primary sulfonamides is 2. The number of nitrogens with one attached hydrogen (secondary N) is 3. The maximum atomic E-state index is 13.0. The Bertz CT molecular complexity index is 1670. The summed E-state index contributed by atoms with van der Waals surface area (Å²) in [6, 6.07) is 16.4. The number of hydrogen-bond donors (Lipinski definition) is 5. The minimum Gasteiger partial charge on any atom is -0.354 e. The summed E-state index contributed by atoms with van der Waals surface area (Å²) in [5.41, 5.74) is 2.60. The summed E-state index contributed by atoms with van der Waals surface area (Å²) >= 11 is 0. The number of amides is 2. The summed E-state index contributed by atoms with van der Waals surface area (Å²) in [4.78, 5) is 17.2. The summed E-state index contributed by atoms with van der Waals surface area (Å²) in [6.07, 6.45) is 1.27. The summed E-state index contributed by atoms with van der Waals surface area (Å²) in [5.74, 6) is 0.393. The summed E-state index contributed by atoms with van der Waals surface area (Å²) in [6.45, 7) is 6.53. The second-order valence-electron chi connectivity index (χ2n) is 10.1. The number of nitrogens with two attached hydrogens (primary N) is 2. The maximum absolute atomic E-state index is 13.0. The number of piperazine rings is 1. The van der Waals surface area contributed by atoms with Crippen LogP contribution in [-0.2, 0) is 26.5 Å². The fourth-order valence-corrected chi connectivity index (χ4v) is 5.83. The Balaban J connectivity index is 1.48. The van der Waals surface area contributed by atoms with Gasteiger partial charge in [-0.1, -0.05) is 31.2 Å². The highest BCUT2D eigenvalue weighted by atomic mass is 32.2. The van der Waals surface area contributed by atoms with Crippen LogP contribution in [0.4, 0.5) is 16.2 Å². The molecular formula is C28H35N7O5S2. The average molecular weight is 614 g/mol. The van der Waals surface area contributed by atoms with E-state index >= 15 is 0 Å². The van der Waals surface area contributed by atoms with Crippen LogP contribution in [0.1, 0.15) is 30.0 Å². The van der Waals surface area contributed by atoms with Crippen molar-refractivity contribution in [3.05, 3.63) is 83.4 Å². The number of sulfonamides is 2. The van der Waals surface area contributed by atoms with Crippen LogP contribution in [0.5, 0.6) is 0 Å². The minimum absolute atomic E-state index is 0.0590. The molecule has 0 atom stereocenters. The zero-order valence-corrected chi connectivity index (χ0v) is 24.8. The van der Waals surface area contributed by atoms with Gasteiger partial charge in [-0.2, -0.15) is 0 Å². The van der Waals surface area contributed by atoms with Gasteiger partial charge in [0.2, 0.25) is 20.0 Å². The molecule has 1 aliphatic rings. The Kier molecular flexibility index (Phi) is 9.64. The van der Waals surface area contributed by atoms with Crippen LogP contribution in [0, 0.1) is 5.41 Å². The first-order valence-corrected chi connectivity index (χ1v) is 16.4. The average Bonchev–Trinajstić information content (AvgIpc) is 2.93. The molecule has 2 amide bonds. The normalized spacial score (nSPS) is 14.4. The van der Waals surface area contributed by atoms with E-state index in [1.807, 2.05) is 11.0 Å². The number of benzene rings is 3. The summed E-state index contributed by atoms with van der Waals surface area (Å²) in [5, 5.41) is 24.7. The van der Waals surface area contributed by atoms with Gasteiger partial charge < -0.3 is 15.5 Å². The third-order valence-corrected chi connectivity index (χ3v) is 8.76. The Morgan fingerprint density at radius 1 is 0.857 bits per heavy atom. The number of hydrogen-bond acceptors (Lipinski definition) is 7. The number of urea groups is 1. The van der Waals surface area contributed by atoms with Crippen molar-refractivity contribution < 1.29 is 21.6 Å². The van der Waals surface area contributed by atoms with Crippen LogP contribution >= 0.6 is 0 Å². The highest BCUT2D eigenvalue weighted by Crippen LogP contribution is 2.24. The second kappa shape index (κ2) is 13.0. The van der Waals surface area contributed by atoms with Gasteiger partial charge in [0.05, 0.1) is 9.79 Å². The van der Waals surface area contributed by atoms with Gasteiger partial charge in [0.1, 0.15) is 5.84 Å². The predicted molar refractivity (Wildman–Crippen MR) is 163 cm³/mol. The fraction of sp³-hybridized carbons (Fsp3) is 0.286. The lowest BCUT2D eigenvalue weighted by molar-refractivity contribution is 0.182. The number of nitrogens with zero attached hydrogens (tertiary/aromatic N) is 2. The van der Waals surface area contributed by atoms with E-state index in [2.05, 4.69) is 22.5 Å². The molecule has 1 aliphatic heterocycles. The van der Waals surface area contributed by atoms with E-state index in [1.54, 1.807) is 30.3 Å². The van der Waals surface area contributed by atoms with Gasteiger partial charge in [0.15, 0.2) is 0 Å². The van der Waals surface area contributed by atoms with Gasteiger partial charge >= 0.3 is 6.03 Å². The molecule has 4 rings (SSSR count). The van der Waals surface area contributed by atoms with Crippen molar-refractivity contribution in [3.63, 3.8) is 0 Å². The zero-order valence-electron chi connectivity index (χ0n) is 23.2. The van der Waals surface area contributed by atoms with Crippen molar-refractivity contribution in [2.24, 2.45) is 10.3 Å². The largest absolute Gasteiger partial charge is 0.354 e. The standard InChI is InChI=1S/C28H35N7O5S2/c1-2-12-34-13-15-35(16-14-34)27(29)21-4-3-5-23(18-21)32-28(36)33-26-11-10-25(42(31,39)40)19-22(26)17-20-6-8-24(9-7-20)41(30,37)38/h3-11,18-19,29H,2,12-17H2,1H3,(H2,30,37,38)(H2,31,39,40)(H2,32,33,36). The predicted octanol–water partition coefficient (Wildman–Crippen LogP) is 2.57. The van der Waals surface area contributed by atoms with E-state index < -0.39 is 26.1 Å². The highest BCUT2D eigenvalue weighted by Gasteiger charge is 2.20. The van der Waals surface area contributed by atoms with E-state index in [4.69, 9.17) is 15.7 Å². The SMILES string of the molecule is CCCN1CCN(C(=N)c2cccc(NC(=O)Nc3ccc(S(N)(=O)=O)cc3Cc3ccc(S(N)(=O)=O)cc3)c2)CC1. The molecule has 0 spiro atoms. The Morgan fingerprint density at radius 2 is 1.50 bits per heavy atom. The van der Waals surface area contributed by atoms with Crippen LogP contribution in [0.15, 0.2) is 76.5 Å². The van der Waals surface area contributed by atoms with E-state index in [1.165, 1.54) is 30.3 Å². The molecule has 0 saturated carbocycles. The summed E-state index contributed by atoms with van der Waals surface area (Å²) < 4.78 is 47.1. The number of anilines is 2. The van der Waals surface area contributed by atoms with Crippen LogP contribution < -0.4 is 20.9 Å². The van der Waals surface area contributed by atoms with Crippen molar-refractivity contribution in [1.29, 1.82) is 5.41 Å². The van der Waals surface area contributed by atoms with Gasteiger partial charge in [-0.05, 0) is 73.0 Å². The van der Waals surface area contributed by atoms with E-state index in [0.717, 1.165) is 39.1 Å². The lowest BCUT2D eigenvalue weighted by atomic mass is 10.0. The minimum atomic E-state index is -4.02. The molecule has 1 fully saturated rings. The number of carbonyl (C=O) groups is 1. The van der Waals surface area contributed by atoms with Gasteiger partial charge in [-0.25, -0.2) is 31.9 Å². The molecule has 12 nitrogen and oxygen atoms in total. The van der Waals surface area contributed by atoms with Crippen LogP contribution in [-0.4, -0.2) is 71.2 Å². The van der Waals surface area contributed by atoms with Crippen LogP contribution in [0.3, 0.4) is 0 Å². The number of amidine groups is 1. The molecule has 1 heterocycles. The molecule has 0 radical (unpaired) electrons. The number of rotatable bonds is 9. The molecule has 0 aromatic heterocycles. The Hall–Kier alpha value is -3.82. The lowest BCUT2D eigenvalue weighted by Gasteiger charge is -2.36.